The molecule has 6 atom stereocenters. The van der Waals surface area contributed by atoms with Crippen LogP contribution in [0.2, 0.25) is 0 Å². The largest absolute Gasteiger partial charge is 0.507 e. The van der Waals surface area contributed by atoms with Crippen LogP contribution in [-0.4, -0.2) is 52.9 Å². The molecule has 2 aliphatic carbocycles. The molecule has 8 rings (SSSR count). The highest BCUT2D eigenvalue weighted by atomic mass is 16.6. The van der Waals surface area contributed by atoms with Crippen molar-refractivity contribution in [3.63, 3.8) is 0 Å². The first-order valence-corrected chi connectivity index (χ1v) is 17.6. The number of anilines is 2. The molecule has 2 heterocycles. The second-order valence-electron chi connectivity index (χ2n) is 14.1. The minimum atomic E-state index is -1.64. The van der Waals surface area contributed by atoms with Crippen molar-refractivity contribution in [1.82, 2.24) is 5.01 Å². The van der Waals surface area contributed by atoms with Crippen LogP contribution in [-0.2, 0) is 24.6 Å². The number of carbonyl (C=O) groups is 4. The van der Waals surface area contributed by atoms with E-state index in [9.17, 15) is 29.6 Å². The van der Waals surface area contributed by atoms with Gasteiger partial charge < -0.3 is 14.6 Å². The van der Waals surface area contributed by atoms with Crippen LogP contribution >= 0.6 is 0 Å². The molecule has 4 aromatic rings. The van der Waals surface area contributed by atoms with E-state index in [1.165, 1.54) is 44.6 Å². The van der Waals surface area contributed by atoms with Crippen molar-refractivity contribution in [2.45, 2.75) is 31.1 Å². The maximum Gasteiger partial charge on any atom is 0.271 e. The highest BCUT2D eigenvalue weighted by molar-refractivity contribution is 6.22. The number of nitro benzene ring substituents is 1. The zero-order valence-electron chi connectivity index (χ0n) is 29.6. The number of allylic oxidation sites excluding steroid dienone is 2. The molecular formula is C41H36N4O9. The Balaban J connectivity index is 1.35. The van der Waals surface area contributed by atoms with Crippen molar-refractivity contribution in [1.29, 1.82) is 0 Å². The van der Waals surface area contributed by atoms with Crippen molar-refractivity contribution in [2.75, 3.05) is 24.5 Å². The van der Waals surface area contributed by atoms with E-state index >= 15 is 4.79 Å². The first-order valence-electron chi connectivity index (χ1n) is 17.6. The Kier molecular flexibility index (Phi) is 8.24. The summed E-state index contributed by atoms with van der Waals surface area (Å²) in [5, 5.41) is 24.5. The third-order valence-corrected chi connectivity index (χ3v) is 11.5. The summed E-state index contributed by atoms with van der Waals surface area (Å²) >= 11 is 0. The van der Waals surface area contributed by atoms with Gasteiger partial charge in [-0.1, -0.05) is 65.7 Å². The van der Waals surface area contributed by atoms with Gasteiger partial charge in [0.2, 0.25) is 11.8 Å². The number of carbonyl (C=O) groups excluding carboxylic acids is 4. The lowest BCUT2D eigenvalue weighted by atomic mass is 9.49. The maximum absolute atomic E-state index is 15.4. The van der Waals surface area contributed by atoms with E-state index in [0.717, 1.165) is 15.5 Å². The van der Waals surface area contributed by atoms with E-state index in [1.807, 2.05) is 25.1 Å². The molecule has 0 bridgehead atoms. The van der Waals surface area contributed by atoms with Gasteiger partial charge in [-0.3, -0.25) is 34.7 Å². The van der Waals surface area contributed by atoms with Gasteiger partial charge in [-0.2, -0.15) is 5.01 Å². The summed E-state index contributed by atoms with van der Waals surface area (Å²) in [4.78, 5) is 71.0. The molecule has 0 spiro atoms. The first-order chi connectivity index (χ1) is 26.0. The zero-order valence-corrected chi connectivity index (χ0v) is 29.6. The average Bonchev–Trinajstić information content (AvgIpc) is 3.56. The molecule has 4 aromatic carbocycles. The molecule has 0 radical (unpaired) electrons. The van der Waals surface area contributed by atoms with E-state index in [0.29, 0.717) is 22.6 Å². The van der Waals surface area contributed by atoms with Gasteiger partial charge in [0, 0.05) is 35.7 Å². The molecule has 2 aliphatic heterocycles. The number of methoxy groups -OCH3 is 2. The third kappa shape index (κ3) is 4.98. The molecule has 4 amide bonds. The third-order valence-electron chi connectivity index (χ3n) is 11.5. The minimum Gasteiger partial charge on any atom is -0.507 e. The fourth-order valence-corrected chi connectivity index (χ4v) is 9.23. The van der Waals surface area contributed by atoms with Crippen LogP contribution in [0, 0.1) is 40.7 Å². The Morgan fingerprint density at radius 3 is 2.30 bits per heavy atom. The molecular weight excluding hydrogens is 692 g/mol. The smallest absolute Gasteiger partial charge is 0.271 e. The van der Waals surface area contributed by atoms with Gasteiger partial charge in [0.15, 0.2) is 0 Å². The standard InChI is InChI=1S/C41H36N4O9/c1-22-12-14-24(15-13-22)42-44-38(48)31-21-30-28(16-17-29-34(30)39(49)43(37(29)47)25-10-7-11-26(18-25)45(51)52)36(35-32(46)19-27(53-2)20-33(35)54-3)41(31,40(44)50)23-8-5-4-6-9-23/h4-16,18-20,29-31,34,36,42,46H,17,21H2,1-3H3. The highest BCUT2D eigenvalue weighted by Crippen LogP contribution is 2.66. The molecule has 0 aromatic heterocycles. The number of nitrogens with one attached hydrogen (secondary N) is 1. The molecule has 13 nitrogen and oxygen atoms in total. The molecule has 2 saturated heterocycles. The topological polar surface area (TPSA) is 169 Å². The van der Waals surface area contributed by atoms with Gasteiger partial charge in [-0.25, -0.2) is 4.90 Å². The summed E-state index contributed by atoms with van der Waals surface area (Å²) in [5.74, 6) is -6.53. The molecule has 13 heteroatoms. The second kappa shape index (κ2) is 12.9. The van der Waals surface area contributed by atoms with Crippen molar-refractivity contribution >= 4 is 40.7 Å². The van der Waals surface area contributed by atoms with Crippen molar-refractivity contribution in [2.24, 2.45) is 23.7 Å². The van der Waals surface area contributed by atoms with Crippen LogP contribution in [0.3, 0.4) is 0 Å². The number of phenols is 1. The van der Waals surface area contributed by atoms with Gasteiger partial charge >= 0.3 is 0 Å². The predicted octanol–water partition coefficient (Wildman–Crippen LogP) is 5.82. The van der Waals surface area contributed by atoms with Crippen molar-refractivity contribution < 1.29 is 38.7 Å². The van der Waals surface area contributed by atoms with E-state index in [1.54, 1.807) is 48.5 Å². The zero-order chi connectivity index (χ0) is 38.1. The number of ether oxygens (including phenoxy) is 2. The summed E-state index contributed by atoms with van der Waals surface area (Å²) in [6.07, 6.45) is 2.00. The van der Waals surface area contributed by atoms with Gasteiger partial charge in [0.25, 0.3) is 17.5 Å². The number of aromatic hydroxyl groups is 1. The number of rotatable bonds is 8. The number of hydrazine groups is 1. The van der Waals surface area contributed by atoms with E-state index in [4.69, 9.17) is 9.47 Å². The van der Waals surface area contributed by atoms with Gasteiger partial charge in [-0.05, 0) is 49.4 Å². The quantitative estimate of drug-likeness (QED) is 0.0977. The summed E-state index contributed by atoms with van der Waals surface area (Å²) in [7, 11) is 2.87. The summed E-state index contributed by atoms with van der Waals surface area (Å²) in [6.45, 7) is 1.92. The highest BCUT2D eigenvalue weighted by Gasteiger charge is 2.71. The van der Waals surface area contributed by atoms with Crippen LogP contribution in [0.25, 0.3) is 0 Å². The second-order valence-corrected chi connectivity index (χ2v) is 14.1. The monoisotopic (exact) mass is 728 g/mol. The van der Waals surface area contributed by atoms with Crippen LogP contribution < -0.4 is 19.8 Å². The molecule has 6 unspecified atom stereocenters. The number of hydrogen-bond acceptors (Lipinski definition) is 10. The maximum atomic E-state index is 15.4. The molecule has 54 heavy (non-hydrogen) atoms. The summed E-state index contributed by atoms with van der Waals surface area (Å²) < 4.78 is 11.3. The van der Waals surface area contributed by atoms with Crippen LogP contribution in [0.4, 0.5) is 17.1 Å². The number of nitro groups is 1. The minimum absolute atomic E-state index is 0.0239. The van der Waals surface area contributed by atoms with Gasteiger partial charge in [0.05, 0.1) is 53.7 Å². The lowest BCUT2D eigenvalue weighted by molar-refractivity contribution is -0.384. The number of aryl methyl sites for hydroxylation is 1. The van der Waals surface area contributed by atoms with Gasteiger partial charge in [0.1, 0.15) is 17.2 Å². The fourth-order valence-electron chi connectivity index (χ4n) is 9.23. The molecule has 274 valence electrons. The number of hydrogen-bond donors (Lipinski definition) is 2. The number of phenolic OH excluding ortho intramolecular Hbond substituents is 1. The Hall–Kier alpha value is -6.50. The van der Waals surface area contributed by atoms with Gasteiger partial charge in [-0.15, -0.1) is 0 Å². The number of benzene rings is 4. The number of non-ortho nitro benzene ring substituents is 1. The van der Waals surface area contributed by atoms with E-state index in [2.05, 4.69) is 5.43 Å². The van der Waals surface area contributed by atoms with E-state index < -0.39 is 63.6 Å². The SMILES string of the molecule is COc1cc(O)c(C2C3=CCC4C(=O)N(c5cccc([N+](=O)[O-])c5)C(=O)C4C3CC3C(=O)N(Nc4ccc(C)cc4)C(=O)C32c2ccccc2)c(OC)c1. The average molecular weight is 729 g/mol. The lowest BCUT2D eigenvalue weighted by Gasteiger charge is -2.50. The van der Waals surface area contributed by atoms with Crippen molar-refractivity contribution in [3.8, 4) is 17.2 Å². The molecule has 4 aliphatic rings. The molecule has 3 fully saturated rings. The van der Waals surface area contributed by atoms with Crippen LogP contribution in [0.15, 0.2) is 103 Å². The van der Waals surface area contributed by atoms with Crippen LogP contribution in [0.5, 0.6) is 17.2 Å². The van der Waals surface area contributed by atoms with Crippen molar-refractivity contribution in [3.05, 3.63) is 129 Å². The number of amides is 4. The lowest BCUT2D eigenvalue weighted by Crippen LogP contribution is -2.53. The fraction of sp³-hybridized carbons (Fsp3) is 0.268. The molecule has 2 N–H and O–H groups in total. The number of nitrogens with zero attached hydrogens (tertiary/aromatic N) is 3. The number of imide groups is 2. The van der Waals surface area contributed by atoms with Crippen LogP contribution in [0.1, 0.15) is 35.4 Å². The van der Waals surface area contributed by atoms with E-state index in [-0.39, 0.29) is 41.3 Å². The Labute approximate surface area is 309 Å². The predicted molar refractivity (Wildman–Crippen MR) is 196 cm³/mol. The summed E-state index contributed by atoms with van der Waals surface area (Å²) in [5.41, 5.74) is 4.07. The summed E-state index contributed by atoms with van der Waals surface area (Å²) in [6, 6.07) is 24.6. The molecule has 1 saturated carbocycles. The first kappa shape index (κ1) is 34.6. The Morgan fingerprint density at radius 1 is 0.870 bits per heavy atom. The Bertz CT molecular complexity index is 2270. The Morgan fingerprint density at radius 2 is 1.61 bits per heavy atom. The normalized spacial score (nSPS) is 25.8. The number of fused-ring (bicyclic) bond motifs is 4.